The number of esters is 2. The highest BCUT2D eigenvalue weighted by Gasteiger charge is 2.73. The van der Waals surface area contributed by atoms with Gasteiger partial charge in [-0.25, -0.2) is 14.4 Å². The van der Waals surface area contributed by atoms with E-state index in [-0.39, 0.29) is 49.0 Å². The first-order valence-corrected chi connectivity index (χ1v) is 22.2. The summed E-state index contributed by atoms with van der Waals surface area (Å²) >= 11 is 0. The fraction of sp³-hybridized carbons (Fsp3) is 0.580. The van der Waals surface area contributed by atoms with Crippen molar-refractivity contribution in [2.45, 2.75) is 129 Å². The van der Waals surface area contributed by atoms with Crippen LogP contribution in [0.15, 0.2) is 83.5 Å². The monoisotopic (exact) mass is 948 g/mol. The second-order valence-electron chi connectivity index (χ2n) is 19.9. The van der Waals surface area contributed by atoms with Crippen molar-refractivity contribution in [3.05, 3.63) is 94.6 Å². The summed E-state index contributed by atoms with van der Waals surface area (Å²) in [5, 5.41) is 22.2. The van der Waals surface area contributed by atoms with Crippen molar-refractivity contribution in [2.75, 3.05) is 14.2 Å². The van der Waals surface area contributed by atoms with Gasteiger partial charge in [-0.05, 0) is 67.4 Å². The van der Waals surface area contributed by atoms with E-state index in [0.717, 1.165) is 37.3 Å². The number of hydrogen-bond acceptors (Lipinski definition) is 10. The maximum atomic E-state index is 15.4. The molecule has 17 heteroatoms. The number of alkyl halides is 6. The SMILES string of the molecule is CO[C@](C(=O)O[C@H](/C=C(\C)C(=O)O)C[C@@H](C)[C@H]1C[C@H](OC(=O)[C@@](OC)(c2ccccc2)C(F)(F)F)[C@@]2(C)C3=C(C(=O)C[C@]12C)[C@@]1(C)CCC(=O)C(C)(C)[C@@H]1C[C@@H]3O)(c1ccccc1)C(F)(F)F. The second kappa shape index (κ2) is 17.6. The maximum absolute atomic E-state index is 15.4. The first kappa shape index (κ1) is 51.5. The number of rotatable bonds is 13. The molecule has 11 nitrogen and oxygen atoms in total. The molecule has 0 radical (unpaired) electrons. The molecule has 11 atom stereocenters. The number of carbonyl (C=O) groups excluding carboxylic acids is 4. The van der Waals surface area contributed by atoms with Crippen molar-refractivity contribution < 1.29 is 79.5 Å². The van der Waals surface area contributed by atoms with Crippen LogP contribution in [0.5, 0.6) is 0 Å². The normalized spacial score (nSPS) is 31.3. The van der Waals surface area contributed by atoms with E-state index in [4.69, 9.17) is 18.9 Å². The molecule has 0 heterocycles. The number of fused-ring (bicyclic) bond motifs is 4. The number of ketones is 2. The molecule has 2 saturated carbocycles. The predicted molar refractivity (Wildman–Crippen MR) is 229 cm³/mol. The predicted octanol–water partition coefficient (Wildman–Crippen LogP) is 9.15. The van der Waals surface area contributed by atoms with Crippen molar-refractivity contribution in [2.24, 2.45) is 39.4 Å². The van der Waals surface area contributed by atoms with Gasteiger partial charge in [0.05, 0.1) is 6.10 Å². The molecule has 0 unspecified atom stereocenters. The van der Waals surface area contributed by atoms with Crippen LogP contribution in [0, 0.1) is 39.4 Å². The molecule has 6 rings (SSSR count). The summed E-state index contributed by atoms with van der Waals surface area (Å²) in [6.07, 6.45) is -15.1. The van der Waals surface area contributed by atoms with Crippen LogP contribution in [0.25, 0.3) is 0 Å². The first-order valence-electron chi connectivity index (χ1n) is 22.2. The lowest BCUT2D eigenvalue weighted by Gasteiger charge is -2.61. The molecule has 0 saturated heterocycles. The van der Waals surface area contributed by atoms with E-state index in [2.05, 4.69) is 0 Å². The minimum Gasteiger partial charge on any atom is -0.478 e. The fourth-order valence-corrected chi connectivity index (χ4v) is 12.6. The van der Waals surface area contributed by atoms with Crippen LogP contribution in [0.1, 0.15) is 98.1 Å². The number of aliphatic hydroxyl groups is 1. The molecule has 2 aromatic carbocycles. The van der Waals surface area contributed by atoms with Crippen molar-refractivity contribution in [1.82, 2.24) is 0 Å². The number of hydrogen-bond donors (Lipinski definition) is 2. The quantitative estimate of drug-likeness (QED) is 0.112. The fourth-order valence-electron chi connectivity index (χ4n) is 12.6. The molecule has 0 bridgehead atoms. The number of allylic oxidation sites excluding steroid dienone is 1. The van der Waals surface area contributed by atoms with Crippen LogP contribution in [0.2, 0.25) is 0 Å². The topological polar surface area (TPSA) is 163 Å². The zero-order valence-corrected chi connectivity index (χ0v) is 38.9. The first-order chi connectivity index (χ1) is 31.0. The van der Waals surface area contributed by atoms with E-state index in [9.17, 15) is 29.4 Å². The molecule has 0 amide bonds. The zero-order chi connectivity index (χ0) is 50.1. The summed E-state index contributed by atoms with van der Waals surface area (Å²) in [6, 6.07) is 12.1. The standard InChI is InChI=1S/C50H58F6O11/c1-27(22-31(23-28(2)40(60)61)66-41(62)47(64-8,49(51,52)53)29-16-12-10-13-17-29)32-24-37(67-42(63)48(65-9,50(54,55)56)30-18-14-11-15-19-30)46(7)39-33(57)25-35-43(3,4)36(59)20-21-44(35,5)38(39)34(58)26-45(32,46)6/h10-19,23,27,31-33,35,37,57H,20-22,24-26H2,1-9H3,(H,60,61)/b28-23+/t27-,31+,32-,33+,35+,37+,44+,45-,46+,47+,48+/m1/s1. The number of methoxy groups -OCH3 is 2. The van der Waals surface area contributed by atoms with Crippen molar-refractivity contribution >= 4 is 29.5 Å². The van der Waals surface area contributed by atoms with Crippen LogP contribution in [0.4, 0.5) is 26.3 Å². The molecule has 4 aliphatic rings. The van der Waals surface area contributed by atoms with Gasteiger partial charge in [0, 0.05) is 65.6 Å². The van der Waals surface area contributed by atoms with Crippen LogP contribution >= 0.6 is 0 Å². The van der Waals surface area contributed by atoms with Gasteiger partial charge in [0.15, 0.2) is 5.78 Å². The summed E-state index contributed by atoms with van der Waals surface area (Å²) in [6.45, 7) is 11.4. The van der Waals surface area contributed by atoms with Crippen molar-refractivity contribution in [3.63, 3.8) is 0 Å². The van der Waals surface area contributed by atoms with Gasteiger partial charge >= 0.3 is 30.3 Å². The van der Waals surface area contributed by atoms with Gasteiger partial charge in [0.25, 0.3) is 11.2 Å². The number of carboxylic acids is 1. The van der Waals surface area contributed by atoms with E-state index in [1.165, 1.54) is 36.4 Å². The molecule has 0 spiro atoms. The Morgan fingerprint density at radius 1 is 0.821 bits per heavy atom. The number of aliphatic carboxylic acids is 1. The van der Waals surface area contributed by atoms with E-state index in [1.807, 2.05) is 6.92 Å². The largest absolute Gasteiger partial charge is 0.478 e. The number of halogens is 6. The minimum absolute atomic E-state index is 0.0123. The van der Waals surface area contributed by atoms with Crippen LogP contribution < -0.4 is 0 Å². The lowest BCUT2D eigenvalue weighted by molar-refractivity contribution is -0.280. The number of carbonyl (C=O) groups is 5. The highest BCUT2D eigenvalue weighted by atomic mass is 19.4. The van der Waals surface area contributed by atoms with Gasteiger partial charge in [-0.1, -0.05) is 102 Å². The van der Waals surface area contributed by atoms with Gasteiger partial charge in [-0.2, -0.15) is 26.3 Å². The Hall–Kier alpha value is -4.87. The number of carboxylic acid groups (broad SMARTS) is 1. The Morgan fingerprint density at radius 2 is 1.33 bits per heavy atom. The van der Waals surface area contributed by atoms with Crippen molar-refractivity contribution in [3.8, 4) is 0 Å². The van der Waals surface area contributed by atoms with Gasteiger partial charge in [0.2, 0.25) is 0 Å². The molecular formula is C50H58F6O11. The number of ether oxygens (including phenoxy) is 4. The number of aliphatic hydroxyl groups excluding tert-OH is 1. The van der Waals surface area contributed by atoms with Gasteiger partial charge < -0.3 is 29.2 Å². The molecule has 2 N–H and O–H groups in total. The lowest BCUT2D eigenvalue weighted by Crippen LogP contribution is -2.61. The van der Waals surface area contributed by atoms with Crippen LogP contribution in [-0.2, 0) is 54.1 Å². The Balaban J connectivity index is 1.51. The maximum Gasteiger partial charge on any atom is 0.432 e. The van der Waals surface area contributed by atoms with Crippen LogP contribution in [-0.4, -0.2) is 84.6 Å². The summed E-state index contributed by atoms with van der Waals surface area (Å²) in [5.74, 6) is -7.97. The van der Waals surface area contributed by atoms with E-state index in [1.54, 1.807) is 34.6 Å². The molecule has 366 valence electrons. The van der Waals surface area contributed by atoms with E-state index in [0.29, 0.717) is 14.2 Å². The third-order valence-electron chi connectivity index (χ3n) is 16.3. The average Bonchev–Trinajstić information content (AvgIpc) is 3.46. The highest BCUT2D eigenvalue weighted by Crippen LogP contribution is 2.72. The molecule has 2 fully saturated rings. The minimum atomic E-state index is -5.39. The molecule has 2 aromatic rings. The summed E-state index contributed by atoms with van der Waals surface area (Å²) in [5.41, 5.74) is -13.5. The lowest BCUT2D eigenvalue weighted by atomic mass is 9.42. The van der Waals surface area contributed by atoms with Crippen molar-refractivity contribution in [1.29, 1.82) is 0 Å². The summed E-state index contributed by atoms with van der Waals surface area (Å²) < 4.78 is 113. The average molecular weight is 949 g/mol. The second-order valence-corrected chi connectivity index (χ2v) is 19.9. The summed E-state index contributed by atoms with van der Waals surface area (Å²) in [4.78, 5) is 69.0. The van der Waals surface area contributed by atoms with E-state index < -0.39 is 128 Å². The summed E-state index contributed by atoms with van der Waals surface area (Å²) in [7, 11) is 1.39. The molecule has 67 heavy (non-hydrogen) atoms. The van der Waals surface area contributed by atoms with Gasteiger partial charge in [-0.3, -0.25) is 9.59 Å². The third-order valence-corrected chi connectivity index (χ3v) is 16.3. The Bertz CT molecular complexity index is 2340. The molecule has 0 aromatic heterocycles. The molecule has 0 aliphatic heterocycles. The Labute approximate surface area is 385 Å². The van der Waals surface area contributed by atoms with Crippen LogP contribution in [0.3, 0.4) is 0 Å². The smallest absolute Gasteiger partial charge is 0.432 e. The highest BCUT2D eigenvalue weighted by molar-refractivity contribution is 6.01. The van der Waals surface area contributed by atoms with Gasteiger partial charge in [0.1, 0.15) is 18.0 Å². The Kier molecular flexibility index (Phi) is 13.5. The van der Waals surface area contributed by atoms with Gasteiger partial charge in [-0.15, -0.1) is 0 Å². The van der Waals surface area contributed by atoms with E-state index >= 15 is 31.1 Å². The molecular weight excluding hydrogens is 891 g/mol. The third kappa shape index (κ3) is 7.84. The zero-order valence-electron chi connectivity index (χ0n) is 38.9. The Morgan fingerprint density at radius 3 is 1.81 bits per heavy atom. The number of Topliss-reactive ketones (excluding diaryl/α,β-unsaturated/α-hetero) is 2. The number of benzene rings is 2. The molecule has 4 aliphatic carbocycles.